The molecule has 96 valence electrons. The molecule has 0 amide bonds. The predicted molar refractivity (Wildman–Crippen MR) is 74.5 cm³/mol. The predicted octanol–water partition coefficient (Wildman–Crippen LogP) is 3.42. The zero-order chi connectivity index (χ0) is 13.0. The molecule has 0 N–H and O–H groups in total. The van der Waals surface area contributed by atoms with Crippen molar-refractivity contribution in [1.82, 2.24) is 9.97 Å². The van der Waals surface area contributed by atoms with E-state index >= 15 is 0 Å². The van der Waals surface area contributed by atoms with Crippen molar-refractivity contribution in [3.63, 3.8) is 0 Å². The Labute approximate surface area is 115 Å². The van der Waals surface area contributed by atoms with Gasteiger partial charge in [-0.3, -0.25) is 0 Å². The fourth-order valence-corrected chi connectivity index (χ4v) is 2.13. The number of hydrogen-bond acceptors (Lipinski definition) is 4. The molecule has 2 aromatic rings. The van der Waals surface area contributed by atoms with Crippen molar-refractivity contribution < 1.29 is 4.42 Å². The van der Waals surface area contributed by atoms with Crippen LogP contribution < -0.4 is 4.90 Å². The normalized spacial score (nSPS) is 10.6. The van der Waals surface area contributed by atoms with Crippen LogP contribution in [0.25, 0.3) is 0 Å². The first-order valence-electron chi connectivity index (χ1n) is 6.03. The van der Waals surface area contributed by atoms with Gasteiger partial charge < -0.3 is 9.32 Å². The Morgan fingerprint density at radius 3 is 2.78 bits per heavy atom. The standard InChI is InChI=1S/C13H16BrN3O/c1-3-12-15-11(14)8-13(16-12)17(4-2)9-10-6-5-7-18-10/h5-8H,3-4,9H2,1-2H3. The Morgan fingerprint density at radius 1 is 1.33 bits per heavy atom. The maximum absolute atomic E-state index is 5.38. The van der Waals surface area contributed by atoms with Crippen LogP contribution in [0.3, 0.4) is 0 Å². The smallest absolute Gasteiger partial charge is 0.133 e. The van der Waals surface area contributed by atoms with Gasteiger partial charge in [0.05, 0.1) is 12.8 Å². The van der Waals surface area contributed by atoms with E-state index in [1.54, 1.807) is 6.26 Å². The van der Waals surface area contributed by atoms with Crippen molar-refractivity contribution in [3.05, 3.63) is 40.7 Å². The first kappa shape index (κ1) is 13.1. The van der Waals surface area contributed by atoms with E-state index < -0.39 is 0 Å². The molecule has 0 fully saturated rings. The van der Waals surface area contributed by atoms with E-state index in [-0.39, 0.29) is 0 Å². The highest BCUT2D eigenvalue weighted by atomic mass is 79.9. The van der Waals surface area contributed by atoms with Crippen molar-refractivity contribution in [1.29, 1.82) is 0 Å². The van der Waals surface area contributed by atoms with E-state index in [0.29, 0.717) is 0 Å². The maximum atomic E-state index is 5.38. The van der Waals surface area contributed by atoms with Gasteiger partial charge >= 0.3 is 0 Å². The third-order valence-electron chi connectivity index (χ3n) is 2.68. The van der Waals surface area contributed by atoms with Crippen LogP contribution in [0.5, 0.6) is 0 Å². The Morgan fingerprint density at radius 2 is 2.17 bits per heavy atom. The third kappa shape index (κ3) is 3.10. The lowest BCUT2D eigenvalue weighted by Crippen LogP contribution is -2.23. The number of aryl methyl sites for hydroxylation is 1. The monoisotopic (exact) mass is 309 g/mol. The second-order valence-electron chi connectivity index (χ2n) is 3.91. The molecule has 0 aliphatic carbocycles. The number of halogens is 1. The Kier molecular flexibility index (Phi) is 4.36. The fourth-order valence-electron chi connectivity index (χ4n) is 1.72. The lowest BCUT2D eigenvalue weighted by Gasteiger charge is -2.21. The van der Waals surface area contributed by atoms with E-state index in [4.69, 9.17) is 4.42 Å². The molecule has 5 heteroatoms. The van der Waals surface area contributed by atoms with Crippen LogP contribution in [0.4, 0.5) is 5.82 Å². The molecule has 0 unspecified atom stereocenters. The van der Waals surface area contributed by atoms with Crippen LogP contribution in [-0.2, 0) is 13.0 Å². The molecular formula is C13H16BrN3O. The average Bonchev–Trinajstić information content (AvgIpc) is 2.88. The summed E-state index contributed by atoms with van der Waals surface area (Å²) in [4.78, 5) is 11.0. The summed E-state index contributed by atoms with van der Waals surface area (Å²) < 4.78 is 6.20. The van der Waals surface area contributed by atoms with Gasteiger partial charge in [-0.2, -0.15) is 0 Å². The number of nitrogens with zero attached hydrogens (tertiary/aromatic N) is 3. The fraction of sp³-hybridized carbons (Fsp3) is 0.385. The number of hydrogen-bond donors (Lipinski definition) is 0. The Balaban J connectivity index is 2.24. The molecule has 0 saturated heterocycles. The quantitative estimate of drug-likeness (QED) is 0.794. The van der Waals surface area contributed by atoms with E-state index in [1.807, 2.05) is 25.1 Å². The Bertz CT molecular complexity index is 499. The van der Waals surface area contributed by atoms with E-state index in [9.17, 15) is 0 Å². The summed E-state index contributed by atoms with van der Waals surface area (Å²) >= 11 is 3.43. The molecule has 0 atom stereocenters. The van der Waals surface area contributed by atoms with Gasteiger partial charge in [0.15, 0.2) is 0 Å². The molecule has 2 aromatic heterocycles. The molecule has 0 spiro atoms. The zero-order valence-corrected chi connectivity index (χ0v) is 12.1. The summed E-state index contributed by atoms with van der Waals surface area (Å²) in [5.74, 6) is 2.70. The van der Waals surface area contributed by atoms with Crippen LogP contribution in [0.2, 0.25) is 0 Å². The number of anilines is 1. The van der Waals surface area contributed by atoms with Crippen molar-refractivity contribution in [2.75, 3.05) is 11.4 Å². The highest BCUT2D eigenvalue weighted by Gasteiger charge is 2.10. The molecule has 4 nitrogen and oxygen atoms in total. The first-order chi connectivity index (χ1) is 8.72. The summed E-state index contributed by atoms with van der Waals surface area (Å²) in [5, 5.41) is 0. The second kappa shape index (κ2) is 6.00. The van der Waals surface area contributed by atoms with Crippen LogP contribution >= 0.6 is 15.9 Å². The molecule has 0 aliphatic heterocycles. The van der Waals surface area contributed by atoms with Crippen LogP contribution in [0, 0.1) is 0 Å². The molecule has 2 rings (SSSR count). The summed E-state index contributed by atoms with van der Waals surface area (Å²) in [6.07, 6.45) is 2.52. The number of furan rings is 1. The molecule has 0 aromatic carbocycles. The van der Waals surface area contributed by atoms with Crippen LogP contribution in [0.15, 0.2) is 33.5 Å². The van der Waals surface area contributed by atoms with E-state index in [0.717, 1.165) is 41.5 Å². The second-order valence-corrected chi connectivity index (χ2v) is 4.72. The minimum Gasteiger partial charge on any atom is -0.467 e. The number of aromatic nitrogens is 2. The van der Waals surface area contributed by atoms with Gasteiger partial charge in [-0.05, 0) is 35.0 Å². The molecule has 0 saturated carbocycles. The molecule has 0 radical (unpaired) electrons. The van der Waals surface area contributed by atoms with Crippen LogP contribution in [0.1, 0.15) is 25.4 Å². The molecule has 18 heavy (non-hydrogen) atoms. The SMILES string of the molecule is CCc1nc(Br)cc(N(CC)Cc2ccco2)n1. The lowest BCUT2D eigenvalue weighted by atomic mass is 10.3. The lowest BCUT2D eigenvalue weighted by molar-refractivity contribution is 0.502. The van der Waals surface area contributed by atoms with Crippen LogP contribution in [-0.4, -0.2) is 16.5 Å². The summed E-state index contributed by atoms with van der Waals surface area (Å²) in [5.41, 5.74) is 0. The number of rotatable bonds is 5. The molecule has 0 bridgehead atoms. The molecular weight excluding hydrogens is 294 g/mol. The van der Waals surface area contributed by atoms with Gasteiger partial charge in [0.2, 0.25) is 0 Å². The largest absolute Gasteiger partial charge is 0.467 e. The Hall–Kier alpha value is -1.36. The average molecular weight is 310 g/mol. The first-order valence-corrected chi connectivity index (χ1v) is 6.83. The van der Waals surface area contributed by atoms with E-state index in [1.165, 1.54) is 0 Å². The van der Waals surface area contributed by atoms with Crippen molar-refractivity contribution >= 4 is 21.7 Å². The minimum absolute atomic E-state index is 0.718. The minimum atomic E-state index is 0.718. The van der Waals surface area contributed by atoms with Crippen molar-refractivity contribution in [2.45, 2.75) is 26.8 Å². The van der Waals surface area contributed by atoms with Crippen molar-refractivity contribution in [2.24, 2.45) is 0 Å². The van der Waals surface area contributed by atoms with Gasteiger partial charge in [-0.1, -0.05) is 6.92 Å². The summed E-state index contributed by atoms with van der Waals surface area (Å²) in [6, 6.07) is 5.81. The summed E-state index contributed by atoms with van der Waals surface area (Å²) in [6.45, 7) is 5.74. The molecule has 2 heterocycles. The topological polar surface area (TPSA) is 42.2 Å². The highest BCUT2D eigenvalue weighted by Crippen LogP contribution is 2.19. The van der Waals surface area contributed by atoms with Gasteiger partial charge in [0, 0.05) is 19.0 Å². The van der Waals surface area contributed by atoms with Gasteiger partial charge in [0.1, 0.15) is 22.0 Å². The highest BCUT2D eigenvalue weighted by molar-refractivity contribution is 9.10. The zero-order valence-electron chi connectivity index (χ0n) is 10.6. The maximum Gasteiger partial charge on any atom is 0.133 e. The van der Waals surface area contributed by atoms with Gasteiger partial charge in [0.25, 0.3) is 0 Å². The van der Waals surface area contributed by atoms with Gasteiger partial charge in [-0.25, -0.2) is 9.97 Å². The summed E-state index contributed by atoms with van der Waals surface area (Å²) in [7, 11) is 0. The van der Waals surface area contributed by atoms with Gasteiger partial charge in [-0.15, -0.1) is 0 Å². The third-order valence-corrected chi connectivity index (χ3v) is 3.08. The van der Waals surface area contributed by atoms with Crippen molar-refractivity contribution in [3.8, 4) is 0 Å². The molecule has 0 aliphatic rings. The van der Waals surface area contributed by atoms with E-state index in [2.05, 4.69) is 37.7 Å².